The lowest BCUT2D eigenvalue weighted by Gasteiger charge is -2.32. The van der Waals surface area contributed by atoms with E-state index in [1.165, 1.54) is 36.0 Å². The van der Waals surface area contributed by atoms with Crippen molar-refractivity contribution in [3.63, 3.8) is 0 Å². The van der Waals surface area contributed by atoms with Crippen LogP contribution in [0.15, 0.2) is 58.5 Å². The molecule has 1 aromatic heterocycles. The molecule has 0 radical (unpaired) electrons. The smallest absolute Gasteiger partial charge is 0.259 e. The number of carbonyl (C=O) groups excluding carboxylic acids is 2. The molecule has 3 aromatic rings. The summed E-state index contributed by atoms with van der Waals surface area (Å²) < 4.78 is 13.0. The van der Waals surface area contributed by atoms with Gasteiger partial charge in [0.15, 0.2) is 5.16 Å². The van der Waals surface area contributed by atoms with Crippen LogP contribution in [-0.4, -0.2) is 51.6 Å². The monoisotopic (exact) mass is 454 g/mol. The molecule has 1 fully saturated rings. The zero-order valence-corrected chi connectivity index (χ0v) is 18.2. The van der Waals surface area contributed by atoms with E-state index in [0.717, 1.165) is 0 Å². The van der Waals surface area contributed by atoms with Crippen molar-refractivity contribution in [2.45, 2.75) is 30.5 Å². The van der Waals surface area contributed by atoms with Gasteiger partial charge in [0.05, 0.1) is 10.9 Å². The Morgan fingerprint density at radius 1 is 1.12 bits per heavy atom. The minimum Gasteiger partial charge on any atom is -0.353 e. The van der Waals surface area contributed by atoms with E-state index in [-0.39, 0.29) is 29.2 Å². The van der Waals surface area contributed by atoms with Crippen molar-refractivity contribution < 1.29 is 14.0 Å². The van der Waals surface area contributed by atoms with Gasteiger partial charge in [-0.1, -0.05) is 23.9 Å². The van der Waals surface area contributed by atoms with Crippen molar-refractivity contribution in [2.75, 3.05) is 18.8 Å². The summed E-state index contributed by atoms with van der Waals surface area (Å²) in [6.07, 6.45) is 1.65. The number of hydrogen-bond acceptors (Lipinski definition) is 5. The van der Waals surface area contributed by atoms with Crippen LogP contribution in [0.4, 0.5) is 4.39 Å². The van der Waals surface area contributed by atoms with Gasteiger partial charge < -0.3 is 15.2 Å². The lowest BCUT2D eigenvalue weighted by molar-refractivity contribution is -0.121. The van der Waals surface area contributed by atoms with Crippen molar-refractivity contribution in [1.82, 2.24) is 20.2 Å². The number of para-hydroxylation sites is 1. The third kappa shape index (κ3) is 5.34. The number of piperidine rings is 1. The number of aromatic nitrogens is 2. The van der Waals surface area contributed by atoms with Crippen molar-refractivity contribution in [3.8, 4) is 0 Å². The zero-order chi connectivity index (χ0) is 22.5. The number of nitrogens with one attached hydrogen (secondary N) is 2. The summed E-state index contributed by atoms with van der Waals surface area (Å²) >= 11 is 1.34. The van der Waals surface area contributed by atoms with Gasteiger partial charge in [-0.25, -0.2) is 9.37 Å². The Labute approximate surface area is 188 Å². The Morgan fingerprint density at radius 3 is 2.59 bits per heavy atom. The Morgan fingerprint density at radius 2 is 1.84 bits per heavy atom. The first kappa shape index (κ1) is 22.0. The lowest BCUT2D eigenvalue weighted by Crippen LogP contribution is -2.46. The fourth-order valence-electron chi connectivity index (χ4n) is 3.68. The number of likely N-dealkylation sites (tertiary alicyclic amines) is 1. The molecule has 2 N–H and O–H groups in total. The summed E-state index contributed by atoms with van der Waals surface area (Å²) in [7, 11) is 0. The van der Waals surface area contributed by atoms with Crippen LogP contribution in [0, 0.1) is 5.82 Å². The van der Waals surface area contributed by atoms with E-state index in [1.54, 1.807) is 23.1 Å². The van der Waals surface area contributed by atoms with Gasteiger partial charge in [0.1, 0.15) is 5.82 Å². The van der Waals surface area contributed by atoms with Gasteiger partial charge in [0.25, 0.3) is 11.5 Å². The number of halogens is 1. The summed E-state index contributed by atoms with van der Waals surface area (Å²) in [4.78, 5) is 45.8. The SMILES string of the molecule is O=C(CCSc1nc2ccccc2c(=O)[nH]1)NC1CCN(C(=O)c2ccc(F)cc2)CC1. The highest BCUT2D eigenvalue weighted by molar-refractivity contribution is 7.99. The van der Waals surface area contributed by atoms with Crippen molar-refractivity contribution in [1.29, 1.82) is 0 Å². The summed E-state index contributed by atoms with van der Waals surface area (Å²) in [6, 6.07) is 12.7. The van der Waals surface area contributed by atoms with Gasteiger partial charge in [-0.15, -0.1) is 0 Å². The molecule has 2 aromatic carbocycles. The molecule has 0 aliphatic carbocycles. The first-order valence-electron chi connectivity index (χ1n) is 10.5. The molecule has 9 heteroatoms. The Bertz CT molecular complexity index is 1170. The number of rotatable bonds is 6. The molecule has 2 heterocycles. The first-order chi connectivity index (χ1) is 15.5. The second-order valence-electron chi connectivity index (χ2n) is 7.63. The van der Waals surface area contributed by atoms with E-state index in [4.69, 9.17) is 0 Å². The molecule has 4 rings (SSSR count). The molecule has 0 saturated carbocycles. The van der Waals surface area contributed by atoms with E-state index in [1.807, 2.05) is 6.07 Å². The van der Waals surface area contributed by atoms with Gasteiger partial charge in [-0.05, 0) is 49.2 Å². The summed E-state index contributed by atoms with van der Waals surface area (Å²) in [5.74, 6) is -0.0643. The average molecular weight is 455 g/mol. The number of H-pyrrole nitrogens is 1. The Balaban J connectivity index is 1.21. The van der Waals surface area contributed by atoms with Crippen molar-refractivity contribution >= 4 is 34.5 Å². The highest BCUT2D eigenvalue weighted by Crippen LogP contribution is 2.17. The molecule has 1 aliphatic rings. The topological polar surface area (TPSA) is 95.2 Å². The van der Waals surface area contributed by atoms with Crippen LogP contribution in [-0.2, 0) is 4.79 Å². The summed E-state index contributed by atoms with van der Waals surface area (Å²) in [6.45, 7) is 1.08. The van der Waals surface area contributed by atoms with Gasteiger partial charge >= 0.3 is 0 Å². The second-order valence-corrected chi connectivity index (χ2v) is 8.71. The number of hydrogen-bond donors (Lipinski definition) is 2. The van der Waals surface area contributed by atoms with E-state index in [9.17, 15) is 18.8 Å². The predicted molar refractivity (Wildman–Crippen MR) is 121 cm³/mol. The molecule has 2 amide bonds. The number of nitrogens with zero attached hydrogens (tertiary/aromatic N) is 2. The molecule has 32 heavy (non-hydrogen) atoms. The minimum absolute atomic E-state index is 0.0170. The first-order valence-corrected chi connectivity index (χ1v) is 11.4. The lowest BCUT2D eigenvalue weighted by atomic mass is 10.0. The third-order valence-corrected chi connectivity index (χ3v) is 6.27. The maximum absolute atomic E-state index is 13.0. The maximum Gasteiger partial charge on any atom is 0.259 e. The molecule has 0 bridgehead atoms. The van der Waals surface area contributed by atoms with Crippen molar-refractivity contribution in [2.24, 2.45) is 0 Å². The standard InChI is InChI=1S/C23H23FN4O3S/c24-16-7-5-15(6-8-16)22(31)28-12-9-17(10-13-28)25-20(29)11-14-32-23-26-19-4-2-1-3-18(19)21(30)27-23/h1-8,17H,9-14H2,(H,25,29)(H,26,27,30). The van der Waals surface area contributed by atoms with Gasteiger partial charge in [0.2, 0.25) is 5.91 Å². The molecule has 0 unspecified atom stereocenters. The molecule has 7 nitrogen and oxygen atoms in total. The molecule has 1 saturated heterocycles. The normalized spacial score (nSPS) is 14.5. The molecular weight excluding hydrogens is 431 g/mol. The van der Waals surface area contributed by atoms with E-state index in [2.05, 4.69) is 15.3 Å². The number of amides is 2. The second kappa shape index (κ2) is 9.95. The molecule has 0 atom stereocenters. The quantitative estimate of drug-likeness (QED) is 0.441. The Hall–Kier alpha value is -3.20. The molecular formula is C23H23FN4O3S. The number of aromatic amines is 1. The highest BCUT2D eigenvalue weighted by Gasteiger charge is 2.24. The van der Waals surface area contributed by atoms with Crippen molar-refractivity contribution in [3.05, 3.63) is 70.3 Å². The summed E-state index contributed by atoms with van der Waals surface area (Å²) in [5.41, 5.74) is 0.904. The van der Waals surface area contributed by atoms with E-state index in [0.29, 0.717) is 59.7 Å². The van der Waals surface area contributed by atoms with Gasteiger partial charge in [0, 0.05) is 36.9 Å². The number of benzene rings is 2. The average Bonchev–Trinajstić information content (AvgIpc) is 2.80. The van der Waals surface area contributed by atoms with E-state index < -0.39 is 0 Å². The van der Waals surface area contributed by atoms with Crippen LogP contribution >= 0.6 is 11.8 Å². The fourth-order valence-corrected chi connectivity index (χ4v) is 4.48. The van der Waals surface area contributed by atoms with Crippen LogP contribution in [0.1, 0.15) is 29.6 Å². The van der Waals surface area contributed by atoms with Crippen LogP contribution in [0.5, 0.6) is 0 Å². The van der Waals surface area contributed by atoms with Gasteiger partial charge in [-0.2, -0.15) is 0 Å². The van der Waals surface area contributed by atoms with E-state index >= 15 is 0 Å². The van der Waals surface area contributed by atoms with Crippen LogP contribution < -0.4 is 10.9 Å². The van der Waals surface area contributed by atoms with Crippen LogP contribution in [0.2, 0.25) is 0 Å². The number of thioether (sulfide) groups is 1. The molecule has 0 spiro atoms. The molecule has 1 aliphatic heterocycles. The fraction of sp³-hybridized carbons (Fsp3) is 0.304. The minimum atomic E-state index is -0.371. The predicted octanol–water partition coefficient (Wildman–Crippen LogP) is 2.97. The maximum atomic E-state index is 13.0. The van der Waals surface area contributed by atoms with Crippen LogP contribution in [0.25, 0.3) is 10.9 Å². The highest BCUT2D eigenvalue weighted by atomic mass is 32.2. The summed E-state index contributed by atoms with van der Waals surface area (Å²) in [5, 5.41) is 4.06. The van der Waals surface area contributed by atoms with Gasteiger partial charge in [-0.3, -0.25) is 14.4 Å². The largest absolute Gasteiger partial charge is 0.353 e. The zero-order valence-electron chi connectivity index (χ0n) is 17.3. The third-order valence-electron chi connectivity index (χ3n) is 5.40. The Kier molecular flexibility index (Phi) is 6.84. The molecule has 166 valence electrons. The van der Waals surface area contributed by atoms with Crippen LogP contribution in [0.3, 0.4) is 0 Å². The number of carbonyl (C=O) groups is 2. The number of fused-ring (bicyclic) bond motifs is 1.